The molecule has 0 aromatic heterocycles. The normalized spacial score (nSPS) is 13.2. The van der Waals surface area contributed by atoms with Crippen molar-refractivity contribution in [2.75, 3.05) is 39.9 Å². The first-order valence-electron chi connectivity index (χ1n) is 5.21. The second-order valence-electron chi connectivity index (χ2n) is 3.45. The average molecular weight is 188 g/mol. The summed E-state index contributed by atoms with van der Waals surface area (Å²) in [5.74, 6) is 0.664. The van der Waals surface area contributed by atoms with E-state index in [1.54, 1.807) is 7.11 Å². The third-order valence-electron chi connectivity index (χ3n) is 1.99. The summed E-state index contributed by atoms with van der Waals surface area (Å²) < 4.78 is 5.06. The van der Waals surface area contributed by atoms with E-state index in [4.69, 9.17) is 4.74 Å². The fourth-order valence-corrected chi connectivity index (χ4v) is 1.19. The maximum Gasteiger partial charge on any atom is 0.0488 e. The Kier molecular flexibility index (Phi) is 9.87. The standard InChI is InChI=1S/C10H24N2O/c1-4-11-7-8-12-6-5-10(2)9-13-3/h10-12H,4-9H2,1-3H3. The molecule has 13 heavy (non-hydrogen) atoms. The molecule has 0 saturated heterocycles. The molecule has 0 spiro atoms. The molecule has 0 aromatic rings. The minimum atomic E-state index is 0.664. The summed E-state index contributed by atoms with van der Waals surface area (Å²) >= 11 is 0. The topological polar surface area (TPSA) is 33.3 Å². The van der Waals surface area contributed by atoms with Gasteiger partial charge in [0, 0.05) is 26.8 Å². The van der Waals surface area contributed by atoms with Crippen LogP contribution in [0.1, 0.15) is 20.3 Å². The highest BCUT2D eigenvalue weighted by atomic mass is 16.5. The van der Waals surface area contributed by atoms with Gasteiger partial charge in [-0.05, 0) is 25.4 Å². The van der Waals surface area contributed by atoms with Gasteiger partial charge >= 0.3 is 0 Å². The molecule has 2 N–H and O–H groups in total. The van der Waals surface area contributed by atoms with E-state index in [0.29, 0.717) is 5.92 Å². The highest BCUT2D eigenvalue weighted by molar-refractivity contribution is 4.55. The molecular formula is C10H24N2O. The summed E-state index contributed by atoms with van der Waals surface area (Å²) in [6.45, 7) is 9.49. The van der Waals surface area contributed by atoms with E-state index in [2.05, 4.69) is 24.5 Å². The summed E-state index contributed by atoms with van der Waals surface area (Å²) in [6, 6.07) is 0. The van der Waals surface area contributed by atoms with Crippen LogP contribution in [0.15, 0.2) is 0 Å². The molecule has 0 aliphatic heterocycles. The van der Waals surface area contributed by atoms with Crippen molar-refractivity contribution in [1.29, 1.82) is 0 Å². The van der Waals surface area contributed by atoms with Gasteiger partial charge in [-0.2, -0.15) is 0 Å². The van der Waals surface area contributed by atoms with Crippen LogP contribution in [0.5, 0.6) is 0 Å². The molecule has 0 radical (unpaired) electrons. The molecule has 0 heterocycles. The first-order chi connectivity index (χ1) is 6.31. The monoisotopic (exact) mass is 188 g/mol. The Labute approximate surface area is 82.2 Å². The largest absolute Gasteiger partial charge is 0.384 e. The average Bonchev–Trinajstić information content (AvgIpc) is 2.11. The van der Waals surface area contributed by atoms with Crippen molar-refractivity contribution in [2.45, 2.75) is 20.3 Å². The Morgan fingerprint density at radius 1 is 1.15 bits per heavy atom. The fraction of sp³-hybridized carbons (Fsp3) is 1.00. The van der Waals surface area contributed by atoms with E-state index in [9.17, 15) is 0 Å². The number of ether oxygens (including phenoxy) is 1. The van der Waals surface area contributed by atoms with Crippen LogP contribution in [-0.4, -0.2) is 39.9 Å². The summed E-state index contributed by atoms with van der Waals surface area (Å²) in [7, 11) is 1.76. The molecule has 0 aromatic carbocycles. The van der Waals surface area contributed by atoms with E-state index >= 15 is 0 Å². The number of hydrogen-bond acceptors (Lipinski definition) is 3. The van der Waals surface area contributed by atoms with Gasteiger partial charge in [0.2, 0.25) is 0 Å². The van der Waals surface area contributed by atoms with Crippen LogP contribution < -0.4 is 10.6 Å². The molecule has 0 saturated carbocycles. The Morgan fingerprint density at radius 2 is 1.85 bits per heavy atom. The number of methoxy groups -OCH3 is 1. The molecular weight excluding hydrogens is 164 g/mol. The van der Waals surface area contributed by atoms with Crippen molar-refractivity contribution < 1.29 is 4.74 Å². The van der Waals surface area contributed by atoms with Crippen molar-refractivity contribution >= 4 is 0 Å². The predicted octanol–water partition coefficient (Wildman–Crippen LogP) is 0.858. The Hall–Kier alpha value is -0.120. The van der Waals surface area contributed by atoms with Gasteiger partial charge in [-0.15, -0.1) is 0 Å². The quantitative estimate of drug-likeness (QED) is 0.527. The van der Waals surface area contributed by atoms with Gasteiger partial charge in [-0.25, -0.2) is 0 Å². The molecule has 0 rings (SSSR count). The van der Waals surface area contributed by atoms with Crippen LogP contribution in [-0.2, 0) is 4.74 Å². The highest BCUT2D eigenvalue weighted by Crippen LogP contribution is 1.99. The van der Waals surface area contributed by atoms with E-state index in [0.717, 1.165) is 32.8 Å². The summed E-state index contributed by atoms with van der Waals surface area (Å²) in [5, 5.41) is 6.67. The van der Waals surface area contributed by atoms with Crippen LogP contribution in [0.4, 0.5) is 0 Å². The SMILES string of the molecule is CCNCCNCCC(C)COC. The lowest BCUT2D eigenvalue weighted by atomic mass is 10.1. The lowest BCUT2D eigenvalue weighted by Crippen LogP contribution is -2.28. The Bertz CT molecular complexity index is 98.9. The first-order valence-corrected chi connectivity index (χ1v) is 5.21. The van der Waals surface area contributed by atoms with Gasteiger partial charge < -0.3 is 15.4 Å². The van der Waals surface area contributed by atoms with Gasteiger partial charge in [0.1, 0.15) is 0 Å². The maximum absolute atomic E-state index is 5.06. The fourth-order valence-electron chi connectivity index (χ4n) is 1.19. The Morgan fingerprint density at radius 3 is 2.46 bits per heavy atom. The van der Waals surface area contributed by atoms with Crippen LogP contribution in [0.3, 0.4) is 0 Å². The van der Waals surface area contributed by atoms with Crippen LogP contribution in [0.25, 0.3) is 0 Å². The first kappa shape index (κ1) is 12.9. The maximum atomic E-state index is 5.06. The number of nitrogens with one attached hydrogen (secondary N) is 2. The second-order valence-corrected chi connectivity index (χ2v) is 3.45. The Balaban J connectivity index is 2.97. The van der Waals surface area contributed by atoms with Crippen molar-refractivity contribution in [3.63, 3.8) is 0 Å². The van der Waals surface area contributed by atoms with Crippen molar-refractivity contribution in [1.82, 2.24) is 10.6 Å². The molecule has 0 amide bonds. The van der Waals surface area contributed by atoms with E-state index in [1.807, 2.05) is 0 Å². The van der Waals surface area contributed by atoms with Crippen molar-refractivity contribution in [3.8, 4) is 0 Å². The van der Waals surface area contributed by atoms with Gasteiger partial charge in [0.05, 0.1) is 0 Å². The molecule has 80 valence electrons. The lowest BCUT2D eigenvalue weighted by Gasteiger charge is -2.10. The predicted molar refractivity (Wildman–Crippen MR) is 57.1 cm³/mol. The van der Waals surface area contributed by atoms with E-state index in [1.165, 1.54) is 6.42 Å². The van der Waals surface area contributed by atoms with Gasteiger partial charge in [0.15, 0.2) is 0 Å². The zero-order valence-electron chi connectivity index (χ0n) is 9.23. The minimum Gasteiger partial charge on any atom is -0.384 e. The molecule has 3 heteroatoms. The number of likely N-dealkylation sites (N-methyl/N-ethyl adjacent to an activating group) is 1. The third-order valence-corrected chi connectivity index (χ3v) is 1.99. The molecule has 0 bridgehead atoms. The zero-order valence-corrected chi connectivity index (χ0v) is 9.23. The summed E-state index contributed by atoms with van der Waals surface area (Å²) in [6.07, 6.45) is 1.19. The van der Waals surface area contributed by atoms with Gasteiger partial charge in [0.25, 0.3) is 0 Å². The molecule has 1 unspecified atom stereocenters. The van der Waals surface area contributed by atoms with Crippen molar-refractivity contribution in [3.05, 3.63) is 0 Å². The van der Waals surface area contributed by atoms with E-state index in [-0.39, 0.29) is 0 Å². The number of hydrogen-bond donors (Lipinski definition) is 2. The molecule has 0 aliphatic carbocycles. The van der Waals surface area contributed by atoms with Crippen LogP contribution in [0, 0.1) is 5.92 Å². The second kappa shape index (κ2) is 9.96. The van der Waals surface area contributed by atoms with Gasteiger partial charge in [-0.3, -0.25) is 0 Å². The zero-order chi connectivity index (χ0) is 9.94. The molecule has 0 aliphatic rings. The van der Waals surface area contributed by atoms with Crippen molar-refractivity contribution in [2.24, 2.45) is 5.92 Å². The van der Waals surface area contributed by atoms with Crippen LogP contribution in [0.2, 0.25) is 0 Å². The van der Waals surface area contributed by atoms with E-state index < -0.39 is 0 Å². The smallest absolute Gasteiger partial charge is 0.0488 e. The lowest BCUT2D eigenvalue weighted by molar-refractivity contribution is 0.155. The summed E-state index contributed by atoms with van der Waals surface area (Å²) in [5.41, 5.74) is 0. The van der Waals surface area contributed by atoms with Gasteiger partial charge in [-0.1, -0.05) is 13.8 Å². The highest BCUT2D eigenvalue weighted by Gasteiger charge is 1.99. The van der Waals surface area contributed by atoms with Crippen LogP contribution >= 0.6 is 0 Å². The minimum absolute atomic E-state index is 0.664. The molecule has 1 atom stereocenters. The summed E-state index contributed by atoms with van der Waals surface area (Å²) in [4.78, 5) is 0. The number of rotatable bonds is 9. The molecule has 3 nitrogen and oxygen atoms in total. The third kappa shape index (κ3) is 9.80. The molecule has 0 fully saturated rings.